The van der Waals surface area contributed by atoms with E-state index in [2.05, 4.69) is 5.32 Å². The predicted molar refractivity (Wildman–Crippen MR) is 73.7 cm³/mol. The first-order valence-corrected chi connectivity index (χ1v) is 4.83. The third-order valence-electron chi connectivity index (χ3n) is 2.14. The summed E-state index contributed by atoms with van der Waals surface area (Å²) >= 11 is 0. The van der Waals surface area contributed by atoms with Crippen molar-refractivity contribution in [3.63, 3.8) is 0 Å². The fourth-order valence-corrected chi connectivity index (χ4v) is 1.40. The van der Waals surface area contributed by atoms with Crippen LogP contribution in [0.5, 0.6) is 0 Å². The summed E-state index contributed by atoms with van der Waals surface area (Å²) in [6, 6.07) is -4.41. The third-order valence-corrected chi connectivity index (χ3v) is 2.14. The molecule has 0 aliphatic carbocycles. The van der Waals surface area contributed by atoms with Crippen molar-refractivity contribution in [1.29, 1.82) is 0 Å². The van der Waals surface area contributed by atoms with E-state index in [1.807, 2.05) is 0 Å². The second-order valence-electron chi connectivity index (χ2n) is 3.20. The lowest BCUT2D eigenvalue weighted by Gasteiger charge is -2.09. The Hall–Kier alpha value is -2.28. The van der Waals surface area contributed by atoms with Crippen molar-refractivity contribution in [3.05, 3.63) is 72.5 Å². The van der Waals surface area contributed by atoms with E-state index < -0.39 is 60.4 Å². The van der Waals surface area contributed by atoms with Crippen LogP contribution in [-0.4, -0.2) is 0 Å². The molecule has 0 aliphatic rings. The number of fused-ring (bicyclic) bond motifs is 1. The average molecular weight is 230 g/mol. The van der Waals surface area contributed by atoms with Gasteiger partial charge in [-0.25, -0.2) is 0 Å². The Labute approximate surface area is 116 Å². The molecule has 0 fully saturated rings. The summed E-state index contributed by atoms with van der Waals surface area (Å²) in [4.78, 5) is 0. The van der Waals surface area contributed by atoms with Crippen molar-refractivity contribution < 1.29 is 15.1 Å². The maximum absolute atomic E-state index is 8.16. The number of rotatable bonds is 2. The van der Waals surface area contributed by atoms with Crippen LogP contribution in [0.1, 0.15) is 15.1 Å². The van der Waals surface area contributed by atoms with Gasteiger partial charge in [0.1, 0.15) is 0 Å². The van der Waals surface area contributed by atoms with Crippen molar-refractivity contribution in [2.24, 2.45) is 0 Å². The highest BCUT2D eigenvalue weighted by atomic mass is 14.9. The summed E-state index contributed by atoms with van der Waals surface area (Å²) in [6.45, 7) is 0. The van der Waals surface area contributed by atoms with E-state index in [0.29, 0.717) is 0 Å². The highest BCUT2D eigenvalue weighted by Gasteiger charge is 1.99. The Balaban J connectivity index is 2.41. The van der Waals surface area contributed by atoms with Gasteiger partial charge < -0.3 is 5.32 Å². The Morgan fingerprint density at radius 3 is 2.41 bits per heavy atom. The molecule has 1 nitrogen and oxygen atoms in total. The second-order valence-corrected chi connectivity index (χ2v) is 3.20. The predicted octanol–water partition coefficient (Wildman–Crippen LogP) is 4.58. The van der Waals surface area contributed by atoms with Gasteiger partial charge >= 0.3 is 0 Å². The first kappa shape index (κ1) is 3.61. The summed E-state index contributed by atoms with van der Waals surface area (Å²) in [7, 11) is 0. The van der Waals surface area contributed by atoms with Gasteiger partial charge in [-0.3, -0.25) is 0 Å². The van der Waals surface area contributed by atoms with Gasteiger partial charge in [0.25, 0.3) is 0 Å². The van der Waals surface area contributed by atoms with Crippen LogP contribution < -0.4 is 5.32 Å². The number of hydrogen-bond donors (Lipinski definition) is 1. The topological polar surface area (TPSA) is 12.0 Å². The summed E-state index contributed by atoms with van der Waals surface area (Å²) in [5, 5.41) is 2.48. The van der Waals surface area contributed by atoms with Crippen LogP contribution in [-0.2, 0) is 0 Å². The molecule has 0 atom stereocenters. The summed E-state index contributed by atoms with van der Waals surface area (Å²) in [6.07, 6.45) is 0. The standard InChI is InChI=1S/C16H13N/c1-2-9-14(10-3-1)17-16-12-6-8-13-7-4-5-11-15(13)16/h1-12,17H/i1D,2D,3D,4D,5D,6D,7D,8D,9D,10D,12D. The number of nitrogens with one attached hydrogen (secondary N) is 1. The molecule has 0 saturated carbocycles. The van der Waals surface area contributed by atoms with Crippen molar-refractivity contribution >= 4 is 22.1 Å². The van der Waals surface area contributed by atoms with Crippen LogP contribution in [0.4, 0.5) is 11.4 Å². The monoisotopic (exact) mass is 230 g/mol. The molecule has 0 bridgehead atoms. The molecule has 1 N–H and O–H groups in total. The number of para-hydroxylation sites is 1. The van der Waals surface area contributed by atoms with Crippen LogP contribution in [0.3, 0.4) is 0 Å². The minimum absolute atomic E-state index is 0.0174. The lowest BCUT2D eigenvalue weighted by molar-refractivity contribution is 1.58. The molecular weight excluding hydrogens is 206 g/mol. The van der Waals surface area contributed by atoms with Crippen molar-refractivity contribution in [2.45, 2.75) is 0 Å². The quantitative estimate of drug-likeness (QED) is 0.679. The molecule has 0 aromatic heterocycles. The van der Waals surface area contributed by atoms with Gasteiger partial charge in [-0.2, -0.15) is 0 Å². The second kappa shape index (κ2) is 4.30. The molecule has 3 rings (SSSR count). The molecule has 1 heteroatoms. The van der Waals surface area contributed by atoms with E-state index in [0.717, 1.165) is 6.07 Å². The highest BCUT2D eigenvalue weighted by Crippen LogP contribution is 2.25. The van der Waals surface area contributed by atoms with Gasteiger partial charge in [0.15, 0.2) is 0 Å². The normalized spacial score (nSPS) is 19.4. The van der Waals surface area contributed by atoms with E-state index in [-0.39, 0.29) is 28.2 Å². The molecule has 0 heterocycles. The molecule has 3 aromatic carbocycles. The van der Waals surface area contributed by atoms with Gasteiger partial charge in [0.05, 0.1) is 15.1 Å². The third kappa shape index (κ3) is 2.00. The molecule has 17 heavy (non-hydrogen) atoms. The fourth-order valence-electron chi connectivity index (χ4n) is 1.40. The Bertz CT molecular complexity index is 1120. The van der Waals surface area contributed by atoms with Crippen molar-refractivity contribution in [3.8, 4) is 0 Å². The van der Waals surface area contributed by atoms with Gasteiger partial charge in [-0.05, 0) is 23.5 Å². The van der Waals surface area contributed by atoms with E-state index in [9.17, 15) is 0 Å². The molecule has 0 radical (unpaired) electrons. The zero-order valence-corrected chi connectivity index (χ0v) is 8.58. The van der Waals surface area contributed by atoms with Crippen LogP contribution in [0, 0.1) is 0 Å². The average Bonchev–Trinajstić information content (AvgIpc) is 2.66. The van der Waals surface area contributed by atoms with Crippen LogP contribution in [0.25, 0.3) is 10.8 Å². The van der Waals surface area contributed by atoms with Crippen molar-refractivity contribution in [1.82, 2.24) is 0 Å². The summed E-state index contributed by atoms with van der Waals surface area (Å²) in [5.74, 6) is 0. The number of anilines is 2. The zero-order valence-electron chi connectivity index (χ0n) is 19.6. The maximum atomic E-state index is 8.16. The minimum Gasteiger partial charge on any atom is -0.355 e. The number of benzene rings is 3. The first-order chi connectivity index (χ1) is 13.0. The zero-order chi connectivity index (χ0) is 21.1. The molecule has 0 saturated heterocycles. The molecule has 0 unspecified atom stereocenters. The van der Waals surface area contributed by atoms with Gasteiger partial charge in [0, 0.05) is 16.8 Å². The SMILES string of the molecule is [2H]c1cc2c(Nc3c([2H])c([2H])c([2H])c([2H])c3[2H])c([2H])c([2H])c([2H])c2c([2H])c1[2H]. The van der Waals surface area contributed by atoms with Crippen molar-refractivity contribution in [2.75, 3.05) is 5.32 Å². The molecule has 3 aromatic rings. The lowest BCUT2D eigenvalue weighted by Crippen LogP contribution is -1.90. The summed E-state index contributed by atoms with van der Waals surface area (Å²) in [5.41, 5.74) is -0.498. The largest absolute Gasteiger partial charge is 0.355 e. The molecule has 0 aliphatic heterocycles. The van der Waals surface area contributed by atoms with Gasteiger partial charge in [0.2, 0.25) is 0 Å². The number of hydrogen-bond acceptors (Lipinski definition) is 1. The molecule has 0 amide bonds. The van der Waals surface area contributed by atoms with Crippen LogP contribution in [0.2, 0.25) is 0 Å². The van der Waals surface area contributed by atoms with Crippen LogP contribution >= 0.6 is 0 Å². The highest BCUT2D eigenvalue weighted by molar-refractivity contribution is 5.95. The summed E-state index contributed by atoms with van der Waals surface area (Å²) < 4.78 is 86.9. The molecular formula is C16H13N. The van der Waals surface area contributed by atoms with E-state index in [4.69, 9.17) is 15.1 Å². The van der Waals surface area contributed by atoms with Crippen LogP contribution in [0.15, 0.2) is 72.5 Å². The lowest BCUT2D eigenvalue weighted by atomic mass is 10.1. The fraction of sp³-hybridized carbons (Fsp3) is 0. The Morgan fingerprint density at radius 1 is 0.765 bits per heavy atom. The minimum atomic E-state index is -0.585. The molecule has 82 valence electrons. The van der Waals surface area contributed by atoms with Gasteiger partial charge in [-0.1, -0.05) is 54.4 Å². The first-order valence-electron chi connectivity index (χ1n) is 10.3. The Morgan fingerprint density at radius 2 is 1.53 bits per heavy atom. The van der Waals surface area contributed by atoms with Gasteiger partial charge in [-0.15, -0.1) is 0 Å². The maximum Gasteiger partial charge on any atom is 0.0645 e. The smallest absolute Gasteiger partial charge is 0.0645 e. The molecule has 0 spiro atoms. The van der Waals surface area contributed by atoms with E-state index in [1.165, 1.54) is 0 Å². The van der Waals surface area contributed by atoms with E-state index >= 15 is 0 Å². The van der Waals surface area contributed by atoms with E-state index in [1.54, 1.807) is 0 Å². The Kier molecular flexibility index (Phi) is 0.912.